The van der Waals surface area contributed by atoms with Crippen molar-refractivity contribution in [2.75, 3.05) is 31.9 Å². The number of halogens is 1. The Kier molecular flexibility index (Phi) is 9.23. The third kappa shape index (κ3) is 7.02. The maximum atomic E-state index is 12.6. The first-order valence-corrected chi connectivity index (χ1v) is 12.2. The summed E-state index contributed by atoms with van der Waals surface area (Å²) >= 11 is 6.49. The predicted molar refractivity (Wildman–Crippen MR) is 138 cm³/mol. The Bertz CT molecular complexity index is 1040. The van der Waals surface area contributed by atoms with Crippen LogP contribution in [0.15, 0.2) is 36.4 Å². The number of hydrazine groups is 1. The SMILES string of the molecule is COC(=O)CC(c1ccc(N(C)N)c(N)c1)c1ccc(Cl)c(CN(C)C(=O)OC2CCCCC2)c1. The van der Waals surface area contributed by atoms with Crippen molar-refractivity contribution >= 4 is 35.0 Å². The van der Waals surface area contributed by atoms with E-state index < -0.39 is 0 Å². The van der Waals surface area contributed by atoms with Crippen molar-refractivity contribution in [3.8, 4) is 0 Å². The Morgan fingerprint density at radius 1 is 1.09 bits per heavy atom. The molecule has 1 amide bonds. The lowest BCUT2D eigenvalue weighted by atomic mass is 9.87. The van der Waals surface area contributed by atoms with Crippen LogP contribution in [0, 0.1) is 0 Å². The van der Waals surface area contributed by atoms with Gasteiger partial charge in [0.1, 0.15) is 6.10 Å². The quantitative estimate of drug-likeness (QED) is 0.230. The summed E-state index contributed by atoms with van der Waals surface area (Å²) in [6, 6.07) is 11.1. The number of anilines is 2. The number of ether oxygens (including phenoxy) is 2. The summed E-state index contributed by atoms with van der Waals surface area (Å²) in [7, 11) is 4.77. The lowest BCUT2D eigenvalue weighted by Gasteiger charge is -2.26. The highest BCUT2D eigenvalue weighted by molar-refractivity contribution is 6.31. The summed E-state index contributed by atoms with van der Waals surface area (Å²) in [5.41, 5.74) is 9.86. The fraction of sp³-hybridized carbons (Fsp3) is 0.462. The minimum absolute atomic E-state index is 0.0223. The monoisotopic (exact) mass is 502 g/mol. The molecule has 9 heteroatoms. The third-order valence-electron chi connectivity index (χ3n) is 6.44. The topological polar surface area (TPSA) is 111 Å². The molecular formula is C26H35ClN4O4. The zero-order valence-corrected chi connectivity index (χ0v) is 21.4. The first kappa shape index (κ1) is 26.6. The van der Waals surface area contributed by atoms with E-state index in [9.17, 15) is 9.59 Å². The van der Waals surface area contributed by atoms with Gasteiger partial charge in [-0.1, -0.05) is 36.2 Å². The van der Waals surface area contributed by atoms with E-state index in [1.54, 1.807) is 20.2 Å². The van der Waals surface area contributed by atoms with Gasteiger partial charge in [-0.05, 0) is 60.6 Å². The molecule has 35 heavy (non-hydrogen) atoms. The average Bonchev–Trinajstić information content (AvgIpc) is 2.84. The molecule has 3 rings (SSSR count). The smallest absolute Gasteiger partial charge is 0.410 e. The van der Waals surface area contributed by atoms with Gasteiger partial charge in [0.05, 0.1) is 31.5 Å². The molecule has 0 heterocycles. The Hall–Kier alpha value is -2.97. The predicted octanol–water partition coefficient (Wildman–Crippen LogP) is 4.83. The standard InChI is InChI=1S/C26H35ClN4O4/c1-30(26(33)35-20-7-5-4-6-8-20)16-19-13-17(9-11-22(19)27)21(15-25(32)34-3)18-10-12-24(31(2)29)23(28)14-18/h9-14,20-21H,4-8,15-16,28-29H2,1-3H3. The van der Waals surface area contributed by atoms with Gasteiger partial charge in [-0.2, -0.15) is 0 Å². The molecule has 1 fully saturated rings. The first-order chi connectivity index (χ1) is 16.7. The van der Waals surface area contributed by atoms with Crippen LogP contribution in [0.5, 0.6) is 0 Å². The number of hydrogen-bond acceptors (Lipinski definition) is 7. The lowest BCUT2D eigenvalue weighted by Crippen LogP contribution is -2.31. The number of carbonyl (C=O) groups excluding carboxylic acids is 2. The van der Waals surface area contributed by atoms with Gasteiger partial charge in [0.15, 0.2) is 0 Å². The maximum Gasteiger partial charge on any atom is 0.410 e. The second-order valence-electron chi connectivity index (χ2n) is 9.11. The van der Waals surface area contributed by atoms with Crippen LogP contribution in [0.4, 0.5) is 16.2 Å². The molecule has 1 unspecified atom stereocenters. The summed E-state index contributed by atoms with van der Waals surface area (Å²) in [5.74, 6) is 5.17. The van der Waals surface area contributed by atoms with Gasteiger partial charge in [0.25, 0.3) is 0 Å². The number of amides is 1. The zero-order chi connectivity index (χ0) is 25.5. The number of hydrogen-bond donors (Lipinski definition) is 2. The van der Waals surface area contributed by atoms with Crippen LogP contribution in [0.25, 0.3) is 0 Å². The van der Waals surface area contributed by atoms with E-state index in [1.807, 2.05) is 30.3 Å². The lowest BCUT2D eigenvalue weighted by molar-refractivity contribution is -0.140. The molecule has 0 spiro atoms. The Labute approximate surface area is 212 Å². The average molecular weight is 503 g/mol. The van der Waals surface area contributed by atoms with Gasteiger partial charge >= 0.3 is 12.1 Å². The van der Waals surface area contributed by atoms with Crippen molar-refractivity contribution in [1.29, 1.82) is 0 Å². The number of nitrogens with two attached hydrogens (primary N) is 2. The summed E-state index contributed by atoms with van der Waals surface area (Å²) in [5, 5.41) is 1.97. The van der Waals surface area contributed by atoms with Gasteiger partial charge in [0, 0.05) is 25.0 Å². The molecule has 190 valence electrons. The van der Waals surface area contributed by atoms with Crippen molar-refractivity contribution in [2.45, 2.75) is 57.1 Å². The molecule has 0 saturated heterocycles. The van der Waals surface area contributed by atoms with Crippen molar-refractivity contribution in [3.05, 3.63) is 58.1 Å². The molecule has 0 aliphatic heterocycles. The Morgan fingerprint density at radius 2 is 1.74 bits per heavy atom. The Morgan fingerprint density at radius 3 is 2.37 bits per heavy atom. The summed E-state index contributed by atoms with van der Waals surface area (Å²) < 4.78 is 10.6. The summed E-state index contributed by atoms with van der Waals surface area (Å²) in [6.45, 7) is 0.280. The molecule has 2 aromatic rings. The molecule has 1 aliphatic carbocycles. The van der Waals surface area contributed by atoms with E-state index >= 15 is 0 Å². The number of rotatable bonds is 8. The summed E-state index contributed by atoms with van der Waals surface area (Å²) in [6.07, 6.45) is 4.92. The fourth-order valence-electron chi connectivity index (χ4n) is 4.46. The van der Waals surface area contributed by atoms with Crippen LogP contribution < -0.4 is 16.6 Å². The van der Waals surface area contributed by atoms with Gasteiger partial charge in [-0.25, -0.2) is 10.6 Å². The number of benzene rings is 2. The highest BCUT2D eigenvalue weighted by Gasteiger charge is 2.23. The Balaban J connectivity index is 1.84. The molecule has 1 aliphatic rings. The minimum Gasteiger partial charge on any atom is -0.469 e. The largest absolute Gasteiger partial charge is 0.469 e. The molecule has 4 N–H and O–H groups in total. The van der Waals surface area contributed by atoms with Gasteiger partial charge in [-0.3, -0.25) is 4.79 Å². The van der Waals surface area contributed by atoms with Crippen LogP contribution in [0.2, 0.25) is 5.02 Å². The number of nitrogen functional groups attached to an aromatic ring is 1. The highest BCUT2D eigenvalue weighted by atomic mass is 35.5. The molecule has 0 aromatic heterocycles. The van der Waals surface area contributed by atoms with E-state index in [1.165, 1.54) is 23.4 Å². The number of nitrogens with zero attached hydrogens (tertiary/aromatic N) is 2. The van der Waals surface area contributed by atoms with Gasteiger partial charge in [0.2, 0.25) is 0 Å². The first-order valence-electron chi connectivity index (χ1n) is 11.8. The molecule has 1 saturated carbocycles. The molecule has 8 nitrogen and oxygen atoms in total. The molecule has 0 bridgehead atoms. The van der Waals surface area contributed by atoms with Gasteiger partial charge < -0.3 is 25.1 Å². The van der Waals surface area contributed by atoms with E-state index in [0.717, 1.165) is 42.4 Å². The number of carbonyl (C=O) groups is 2. The summed E-state index contributed by atoms with van der Waals surface area (Å²) in [4.78, 5) is 26.4. The van der Waals surface area contributed by atoms with Crippen molar-refractivity contribution in [1.82, 2.24) is 4.90 Å². The zero-order valence-electron chi connectivity index (χ0n) is 20.6. The maximum absolute atomic E-state index is 12.6. The molecular weight excluding hydrogens is 468 g/mol. The number of esters is 1. The molecule has 1 atom stereocenters. The molecule has 2 aromatic carbocycles. The van der Waals surface area contributed by atoms with Gasteiger partial charge in [-0.15, -0.1) is 0 Å². The van der Waals surface area contributed by atoms with E-state index in [2.05, 4.69) is 0 Å². The third-order valence-corrected chi connectivity index (χ3v) is 6.81. The van der Waals surface area contributed by atoms with E-state index in [0.29, 0.717) is 16.4 Å². The van der Waals surface area contributed by atoms with Crippen LogP contribution in [-0.2, 0) is 20.8 Å². The fourth-order valence-corrected chi connectivity index (χ4v) is 4.63. The van der Waals surface area contributed by atoms with E-state index in [-0.39, 0.29) is 37.0 Å². The van der Waals surface area contributed by atoms with Crippen LogP contribution in [-0.4, -0.2) is 44.3 Å². The highest BCUT2D eigenvalue weighted by Crippen LogP contribution is 2.34. The second kappa shape index (κ2) is 12.1. The number of methoxy groups -OCH3 is 1. The van der Waals surface area contributed by atoms with Crippen molar-refractivity contribution < 1.29 is 19.1 Å². The van der Waals surface area contributed by atoms with Crippen LogP contribution in [0.3, 0.4) is 0 Å². The van der Waals surface area contributed by atoms with Crippen LogP contribution >= 0.6 is 11.6 Å². The van der Waals surface area contributed by atoms with Crippen LogP contribution in [0.1, 0.15) is 61.1 Å². The van der Waals surface area contributed by atoms with E-state index in [4.69, 9.17) is 32.7 Å². The van der Waals surface area contributed by atoms with Crippen molar-refractivity contribution in [3.63, 3.8) is 0 Å². The normalized spacial score (nSPS) is 14.8. The minimum atomic E-state index is -0.362. The second-order valence-corrected chi connectivity index (χ2v) is 9.52. The van der Waals surface area contributed by atoms with Crippen molar-refractivity contribution in [2.24, 2.45) is 5.84 Å². The molecule has 0 radical (unpaired) electrons.